The molecule has 1 aromatic heterocycles. The van der Waals surface area contributed by atoms with E-state index in [9.17, 15) is 4.79 Å². The van der Waals surface area contributed by atoms with E-state index < -0.39 is 5.97 Å². The summed E-state index contributed by atoms with van der Waals surface area (Å²) in [4.78, 5) is 23.6. The van der Waals surface area contributed by atoms with Crippen LogP contribution in [0.3, 0.4) is 0 Å². The first-order valence-electron chi connectivity index (χ1n) is 12.5. The number of H-pyrrole nitrogens is 1. The summed E-state index contributed by atoms with van der Waals surface area (Å²) >= 11 is 0. The number of carboxylic acid groups (broad SMARTS) is 1. The summed E-state index contributed by atoms with van der Waals surface area (Å²) in [6, 6.07) is 8.45. The van der Waals surface area contributed by atoms with Gasteiger partial charge in [-0.1, -0.05) is 54.6 Å². The normalized spacial score (nSPS) is 19.0. The van der Waals surface area contributed by atoms with Crippen molar-refractivity contribution in [3.8, 4) is 0 Å². The molecule has 1 aromatic carbocycles. The van der Waals surface area contributed by atoms with Crippen LogP contribution >= 0.6 is 0 Å². The number of carboxylic acids is 1. The second-order valence-corrected chi connectivity index (χ2v) is 9.89. The van der Waals surface area contributed by atoms with E-state index in [4.69, 9.17) is 15.8 Å². The summed E-state index contributed by atoms with van der Waals surface area (Å²) in [6.45, 7) is 14.8. The highest BCUT2D eigenvalue weighted by molar-refractivity contribution is 6.10. The molecule has 0 amide bonds. The Hall–Kier alpha value is -3.51. The molecule has 0 radical (unpaired) electrons. The zero-order chi connectivity index (χ0) is 26.2. The summed E-state index contributed by atoms with van der Waals surface area (Å²) in [5.74, 6) is 0.829. The van der Waals surface area contributed by atoms with E-state index >= 15 is 0 Å². The van der Waals surface area contributed by atoms with Gasteiger partial charge in [-0.25, -0.2) is 4.98 Å². The van der Waals surface area contributed by atoms with Gasteiger partial charge >= 0.3 is 5.97 Å². The number of hydrogen-bond donors (Lipinski definition) is 3. The first-order chi connectivity index (χ1) is 17.2. The highest BCUT2D eigenvalue weighted by atomic mass is 16.4. The van der Waals surface area contributed by atoms with Gasteiger partial charge in [0.15, 0.2) is 0 Å². The van der Waals surface area contributed by atoms with Crippen LogP contribution in [-0.2, 0) is 4.79 Å². The molecule has 0 unspecified atom stereocenters. The van der Waals surface area contributed by atoms with Crippen LogP contribution in [0.4, 0.5) is 0 Å². The molecule has 6 nitrogen and oxygen atoms in total. The van der Waals surface area contributed by atoms with Gasteiger partial charge in [0.2, 0.25) is 0 Å². The SMILES string of the molecule is C=C(N=CC(=C(C)C)c1n/c(=C/C=C(\C)CN)c(=C)[nH]1)c1ccc(C2CCC(CC(=O)O)CC2)cc1. The van der Waals surface area contributed by atoms with Crippen molar-refractivity contribution in [1.29, 1.82) is 0 Å². The Bertz CT molecular complexity index is 1280. The van der Waals surface area contributed by atoms with Crippen LogP contribution in [0.2, 0.25) is 0 Å². The second-order valence-electron chi connectivity index (χ2n) is 9.89. The molecule has 6 heteroatoms. The van der Waals surface area contributed by atoms with Crippen LogP contribution in [0.1, 0.15) is 75.7 Å². The van der Waals surface area contributed by atoms with Crippen molar-refractivity contribution in [3.63, 3.8) is 0 Å². The minimum atomic E-state index is -0.689. The Labute approximate surface area is 213 Å². The molecular weight excluding hydrogens is 448 g/mol. The van der Waals surface area contributed by atoms with Gasteiger partial charge in [0, 0.05) is 24.8 Å². The zero-order valence-corrected chi connectivity index (χ0v) is 21.7. The van der Waals surface area contributed by atoms with Crippen molar-refractivity contribution in [2.24, 2.45) is 16.6 Å². The number of nitrogens with one attached hydrogen (secondary N) is 1. The minimum Gasteiger partial charge on any atom is -0.481 e. The summed E-state index contributed by atoms with van der Waals surface area (Å²) in [5, 5.41) is 10.5. The van der Waals surface area contributed by atoms with Gasteiger partial charge < -0.3 is 15.8 Å². The van der Waals surface area contributed by atoms with Gasteiger partial charge in [0.1, 0.15) is 5.82 Å². The van der Waals surface area contributed by atoms with Crippen molar-refractivity contribution in [3.05, 3.63) is 75.7 Å². The van der Waals surface area contributed by atoms with E-state index in [0.29, 0.717) is 24.1 Å². The molecule has 0 saturated heterocycles. The molecule has 1 fully saturated rings. The first-order valence-corrected chi connectivity index (χ1v) is 12.5. The lowest BCUT2D eigenvalue weighted by Crippen LogP contribution is -2.22. The number of benzene rings is 1. The van der Waals surface area contributed by atoms with Crippen molar-refractivity contribution < 1.29 is 9.90 Å². The summed E-state index contributed by atoms with van der Waals surface area (Å²) in [5.41, 5.74) is 11.7. The molecule has 0 bridgehead atoms. The Morgan fingerprint density at radius 3 is 2.44 bits per heavy atom. The zero-order valence-electron chi connectivity index (χ0n) is 21.7. The average molecular weight is 487 g/mol. The number of nitrogens with two attached hydrogens (primary N) is 1. The van der Waals surface area contributed by atoms with Crippen LogP contribution in [0, 0.1) is 5.92 Å². The van der Waals surface area contributed by atoms with Crippen LogP contribution < -0.4 is 16.4 Å². The fourth-order valence-electron chi connectivity index (χ4n) is 4.52. The Morgan fingerprint density at radius 1 is 1.19 bits per heavy atom. The number of aliphatic imine (C=N–C) groups is 1. The predicted octanol–water partition coefficient (Wildman–Crippen LogP) is 4.79. The molecule has 1 saturated carbocycles. The second kappa shape index (κ2) is 12.5. The lowest BCUT2D eigenvalue weighted by molar-refractivity contribution is -0.138. The standard InChI is InChI=1S/C30H38N4O2/c1-19(2)27(30-33-22(5)28(34-30)15-6-20(3)17-31)18-32-21(4)24-11-13-26(14-12-24)25-9-7-23(8-10-25)16-29(35)36/h6,11-15,18,23,25H,4-5,7-10,16-17,31H2,1-3H3,(H,33,34)(H,35,36)/b20-6+,28-15+,32-18?. The summed E-state index contributed by atoms with van der Waals surface area (Å²) in [7, 11) is 0. The highest BCUT2D eigenvalue weighted by Crippen LogP contribution is 2.37. The van der Waals surface area contributed by atoms with E-state index in [1.807, 2.05) is 32.9 Å². The number of aromatic nitrogens is 2. The number of nitrogens with zero attached hydrogens (tertiary/aromatic N) is 2. The van der Waals surface area contributed by atoms with Crippen LogP contribution in [0.5, 0.6) is 0 Å². The fourth-order valence-corrected chi connectivity index (χ4v) is 4.52. The molecule has 2 aromatic rings. The molecular formula is C30H38N4O2. The maximum Gasteiger partial charge on any atom is 0.303 e. The van der Waals surface area contributed by atoms with E-state index in [1.165, 1.54) is 5.56 Å². The van der Waals surface area contributed by atoms with E-state index in [2.05, 4.69) is 47.4 Å². The Morgan fingerprint density at radius 2 is 1.86 bits per heavy atom. The van der Waals surface area contributed by atoms with Gasteiger partial charge in [-0.15, -0.1) is 0 Å². The molecule has 36 heavy (non-hydrogen) atoms. The molecule has 0 spiro atoms. The number of hydrogen-bond acceptors (Lipinski definition) is 4. The predicted molar refractivity (Wildman–Crippen MR) is 150 cm³/mol. The van der Waals surface area contributed by atoms with E-state index in [1.54, 1.807) is 6.21 Å². The molecule has 4 N–H and O–H groups in total. The smallest absolute Gasteiger partial charge is 0.303 e. The first kappa shape index (κ1) is 27.1. The number of aliphatic carboxylic acids is 1. The van der Waals surface area contributed by atoms with Crippen molar-refractivity contribution >= 4 is 36.1 Å². The van der Waals surface area contributed by atoms with E-state index in [-0.39, 0.29) is 6.42 Å². The lowest BCUT2D eigenvalue weighted by atomic mass is 9.77. The third-order valence-electron chi connectivity index (χ3n) is 6.83. The van der Waals surface area contributed by atoms with Crippen LogP contribution in [0.15, 0.2) is 53.1 Å². The van der Waals surface area contributed by atoms with Gasteiger partial charge in [0.25, 0.3) is 0 Å². The minimum absolute atomic E-state index is 0.288. The Balaban J connectivity index is 1.70. The number of allylic oxidation sites excluding steroid dienone is 3. The molecule has 1 aliphatic carbocycles. The van der Waals surface area contributed by atoms with Gasteiger partial charge in [-0.05, 0) is 75.5 Å². The topological polar surface area (TPSA) is 104 Å². The fraction of sp³-hybridized carbons (Fsp3) is 0.367. The number of imidazole rings is 1. The maximum atomic E-state index is 11.0. The highest BCUT2D eigenvalue weighted by Gasteiger charge is 2.23. The molecule has 0 aliphatic heterocycles. The third-order valence-corrected chi connectivity index (χ3v) is 6.83. The third kappa shape index (κ3) is 7.25. The van der Waals surface area contributed by atoms with Crippen molar-refractivity contribution in [2.75, 3.05) is 6.54 Å². The number of carbonyl (C=O) groups is 1. The molecule has 3 rings (SSSR count). The molecule has 1 heterocycles. The van der Waals surface area contributed by atoms with Crippen LogP contribution in [-0.4, -0.2) is 33.8 Å². The Kier molecular flexibility index (Phi) is 9.37. The van der Waals surface area contributed by atoms with Gasteiger partial charge in [-0.3, -0.25) is 9.79 Å². The molecule has 190 valence electrons. The lowest BCUT2D eigenvalue weighted by Gasteiger charge is -2.28. The van der Waals surface area contributed by atoms with Gasteiger partial charge in [0.05, 0.1) is 16.4 Å². The summed E-state index contributed by atoms with van der Waals surface area (Å²) < 4.78 is 0. The summed E-state index contributed by atoms with van der Waals surface area (Å²) in [6.07, 6.45) is 10.0. The average Bonchev–Trinajstić information content (AvgIpc) is 3.22. The molecule has 0 atom stereocenters. The van der Waals surface area contributed by atoms with Crippen molar-refractivity contribution in [2.45, 2.75) is 58.8 Å². The quantitative estimate of drug-likeness (QED) is 0.443. The number of rotatable bonds is 9. The number of aromatic amines is 1. The van der Waals surface area contributed by atoms with Crippen LogP contribution in [0.25, 0.3) is 23.9 Å². The van der Waals surface area contributed by atoms with Crippen molar-refractivity contribution in [1.82, 2.24) is 9.97 Å². The molecule has 1 aliphatic rings. The van der Waals surface area contributed by atoms with E-state index in [0.717, 1.165) is 64.5 Å². The van der Waals surface area contributed by atoms with Gasteiger partial charge in [-0.2, -0.15) is 0 Å². The largest absolute Gasteiger partial charge is 0.481 e. The maximum absolute atomic E-state index is 11.0. The monoisotopic (exact) mass is 486 g/mol.